The first kappa shape index (κ1) is 13.3. The number of hydrogen-bond donors (Lipinski definition) is 2. The molecule has 0 bridgehead atoms. The van der Waals surface area contributed by atoms with E-state index in [1.165, 1.54) is 24.3 Å². The van der Waals surface area contributed by atoms with Crippen molar-refractivity contribution < 1.29 is 27.8 Å². The summed E-state index contributed by atoms with van der Waals surface area (Å²) in [6, 6.07) is 5.64. The van der Waals surface area contributed by atoms with E-state index < -0.39 is 25.3 Å². The molecule has 0 aromatic heterocycles. The minimum absolute atomic E-state index is 0.0565. The molecule has 0 aliphatic heterocycles. The van der Waals surface area contributed by atoms with Crippen molar-refractivity contribution in [1.29, 1.82) is 0 Å². The lowest BCUT2D eigenvalue weighted by Gasteiger charge is -2.08. The van der Waals surface area contributed by atoms with Gasteiger partial charge in [-0.2, -0.15) is 13.2 Å². The molecular weight excluding hydrogens is 239 g/mol. The lowest BCUT2D eigenvalue weighted by atomic mass is 10.3. The highest BCUT2D eigenvalue weighted by Gasteiger charge is 2.27. The van der Waals surface area contributed by atoms with Crippen molar-refractivity contribution in [3.05, 3.63) is 24.3 Å². The Morgan fingerprint density at radius 2 is 2.12 bits per heavy atom. The smallest absolute Gasteiger partial charge is 0.411 e. The van der Waals surface area contributed by atoms with Crippen molar-refractivity contribution in [2.45, 2.75) is 6.18 Å². The summed E-state index contributed by atoms with van der Waals surface area (Å²) < 4.78 is 39.3. The van der Waals surface area contributed by atoms with E-state index in [1.807, 2.05) is 0 Å². The number of carbonyl (C=O) groups excluding carboxylic acids is 1. The summed E-state index contributed by atoms with van der Waals surface area (Å²) in [6.45, 7) is -2.17. The van der Waals surface area contributed by atoms with Crippen LogP contribution >= 0.6 is 0 Å². The van der Waals surface area contributed by atoms with Crippen LogP contribution in [0, 0.1) is 0 Å². The number of benzene rings is 1. The van der Waals surface area contributed by atoms with Crippen LogP contribution in [0.25, 0.3) is 0 Å². The number of anilines is 1. The third-order valence-electron chi connectivity index (χ3n) is 1.63. The molecule has 0 spiro atoms. The third kappa shape index (κ3) is 5.76. The van der Waals surface area contributed by atoms with E-state index >= 15 is 0 Å². The molecule has 0 unspecified atom stereocenters. The van der Waals surface area contributed by atoms with Crippen LogP contribution in [0.15, 0.2) is 24.3 Å². The quantitative estimate of drug-likeness (QED) is 0.856. The molecule has 0 atom stereocenters. The fourth-order valence-electron chi connectivity index (χ4n) is 1.04. The lowest BCUT2D eigenvalue weighted by Crippen LogP contribution is -2.23. The number of hydrogen-bond acceptors (Lipinski definition) is 3. The maximum Gasteiger partial charge on any atom is 0.411 e. The van der Waals surface area contributed by atoms with Crippen LogP contribution in [0.5, 0.6) is 5.75 Å². The maximum atomic E-state index is 11.7. The molecule has 0 aliphatic carbocycles. The van der Waals surface area contributed by atoms with E-state index in [1.54, 1.807) is 0 Å². The zero-order valence-corrected chi connectivity index (χ0v) is 8.62. The number of aromatic hydroxyl groups is 1. The van der Waals surface area contributed by atoms with Crippen molar-refractivity contribution in [3.63, 3.8) is 0 Å². The molecule has 7 heteroatoms. The van der Waals surface area contributed by atoms with Crippen LogP contribution in [-0.4, -0.2) is 30.4 Å². The minimum Gasteiger partial charge on any atom is -0.508 e. The van der Waals surface area contributed by atoms with Gasteiger partial charge in [0, 0.05) is 11.8 Å². The van der Waals surface area contributed by atoms with Gasteiger partial charge in [-0.25, -0.2) is 0 Å². The van der Waals surface area contributed by atoms with Crippen LogP contribution in [0.1, 0.15) is 0 Å². The summed E-state index contributed by atoms with van der Waals surface area (Å²) in [5.41, 5.74) is 0.283. The molecule has 4 nitrogen and oxygen atoms in total. The number of carbonyl (C=O) groups is 1. The molecule has 2 N–H and O–H groups in total. The number of rotatable bonds is 4. The minimum atomic E-state index is -4.45. The summed E-state index contributed by atoms with van der Waals surface area (Å²) in [7, 11) is 0. The van der Waals surface area contributed by atoms with Gasteiger partial charge < -0.3 is 15.2 Å². The number of halogens is 3. The average Bonchev–Trinajstić information content (AvgIpc) is 2.15. The van der Waals surface area contributed by atoms with Gasteiger partial charge in [0.15, 0.2) is 0 Å². The van der Waals surface area contributed by atoms with E-state index in [0.29, 0.717) is 0 Å². The van der Waals surface area contributed by atoms with E-state index in [-0.39, 0.29) is 11.4 Å². The number of nitrogens with one attached hydrogen (secondary N) is 1. The summed E-state index contributed by atoms with van der Waals surface area (Å²) in [5, 5.41) is 11.4. The standard InChI is InChI=1S/C10H10F3NO3/c11-10(12,13)6-17-5-9(16)14-7-2-1-3-8(15)4-7/h1-4,15H,5-6H2,(H,14,16). The highest BCUT2D eigenvalue weighted by atomic mass is 19.4. The Bertz CT molecular complexity index is 393. The van der Waals surface area contributed by atoms with Gasteiger partial charge in [-0.15, -0.1) is 0 Å². The Hall–Kier alpha value is -1.76. The van der Waals surface area contributed by atoms with Crippen molar-refractivity contribution >= 4 is 11.6 Å². The van der Waals surface area contributed by atoms with Gasteiger partial charge >= 0.3 is 6.18 Å². The van der Waals surface area contributed by atoms with E-state index in [0.717, 1.165) is 0 Å². The highest BCUT2D eigenvalue weighted by molar-refractivity contribution is 5.91. The Labute approximate surface area is 95.0 Å². The van der Waals surface area contributed by atoms with E-state index in [9.17, 15) is 18.0 Å². The SMILES string of the molecule is O=C(COCC(F)(F)F)Nc1cccc(O)c1. The average molecular weight is 249 g/mol. The van der Waals surface area contributed by atoms with E-state index in [4.69, 9.17) is 5.11 Å². The van der Waals surface area contributed by atoms with Gasteiger partial charge in [0.25, 0.3) is 0 Å². The Morgan fingerprint density at radius 3 is 2.71 bits per heavy atom. The molecule has 0 saturated heterocycles. The topological polar surface area (TPSA) is 58.6 Å². The number of phenols is 1. The first-order valence-electron chi connectivity index (χ1n) is 4.60. The Balaban J connectivity index is 2.35. The predicted octanol–water partition coefficient (Wildman–Crippen LogP) is 1.91. The summed E-state index contributed by atoms with van der Waals surface area (Å²) in [4.78, 5) is 11.1. The normalized spacial score (nSPS) is 11.2. The molecule has 1 aromatic rings. The van der Waals surface area contributed by atoms with Crippen molar-refractivity contribution in [2.75, 3.05) is 18.5 Å². The summed E-state index contributed by atoms with van der Waals surface area (Å²) in [5.74, 6) is -0.779. The van der Waals surface area contributed by atoms with Gasteiger partial charge in [0.05, 0.1) is 0 Å². The predicted molar refractivity (Wildman–Crippen MR) is 53.6 cm³/mol. The first-order valence-corrected chi connectivity index (χ1v) is 4.60. The zero-order valence-electron chi connectivity index (χ0n) is 8.62. The maximum absolute atomic E-state index is 11.7. The third-order valence-corrected chi connectivity index (χ3v) is 1.63. The molecule has 0 heterocycles. The monoisotopic (exact) mass is 249 g/mol. The first-order chi connectivity index (χ1) is 7.87. The lowest BCUT2D eigenvalue weighted by molar-refractivity contribution is -0.174. The molecule has 94 valence electrons. The highest BCUT2D eigenvalue weighted by Crippen LogP contribution is 2.16. The summed E-state index contributed by atoms with van der Waals surface area (Å²) >= 11 is 0. The second kappa shape index (κ2) is 5.53. The fraction of sp³-hybridized carbons (Fsp3) is 0.300. The Morgan fingerprint density at radius 1 is 1.41 bits per heavy atom. The van der Waals surface area contributed by atoms with Crippen LogP contribution in [0.2, 0.25) is 0 Å². The van der Waals surface area contributed by atoms with Gasteiger partial charge in [0.1, 0.15) is 19.0 Å². The van der Waals surface area contributed by atoms with E-state index in [2.05, 4.69) is 10.1 Å². The van der Waals surface area contributed by atoms with Crippen LogP contribution in [0.4, 0.5) is 18.9 Å². The number of alkyl halides is 3. The zero-order chi connectivity index (χ0) is 12.9. The van der Waals surface area contributed by atoms with Gasteiger partial charge in [-0.3, -0.25) is 4.79 Å². The molecule has 1 rings (SSSR count). The van der Waals surface area contributed by atoms with Crippen molar-refractivity contribution in [2.24, 2.45) is 0 Å². The van der Waals surface area contributed by atoms with Crippen molar-refractivity contribution in [3.8, 4) is 5.75 Å². The fourth-order valence-corrected chi connectivity index (χ4v) is 1.04. The number of amides is 1. The largest absolute Gasteiger partial charge is 0.508 e. The molecule has 1 aromatic carbocycles. The molecule has 17 heavy (non-hydrogen) atoms. The molecule has 0 saturated carbocycles. The molecule has 0 aliphatic rings. The van der Waals surface area contributed by atoms with Crippen LogP contribution in [0.3, 0.4) is 0 Å². The second-order valence-corrected chi connectivity index (χ2v) is 3.21. The van der Waals surface area contributed by atoms with Gasteiger partial charge in [0.2, 0.25) is 5.91 Å². The molecular formula is C10H10F3NO3. The van der Waals surface area contributed by atoms with Crippen LogP contribution < -0.4 is 5.32 Å². The van der Waals surface area contributed by atoms with Gasteiger partial charge in [-0.05, 0) is 12.1 Å². The molecule has 1 amide bonds. The van der Waals surface area contributed by atoms with Crippen molar-refractivity contribution in [1.82, 2.24) is 0 Å². The number of ether oxygens (including phenoxy) is 1. The van der Waals surface area contributed by atoms with Gasteiger partial charge in [-0.1, -0.05) is 6.07 Å². The number of phenolic OH excluding ortho intramolecular Hbond substituents is 1. The molecule has 0 radical (unpaired) electrons. The second-order valence-electron chi connectivity index (χ2n) is 3.21. The summed E-state index contributed by atoms with van der Waals surface area (Å²) in [6.07, 6.45) is -4.45. The molecule has 0 fully saturated rings. The Kier molecular flexibility index (Phi) is 4.33. The van der Waals surface area contributed by atoms with Crippen LogP contribution in [-0.2, 0) is 9.53 Å².